The Balaban J connectivity index is 1.69. The van der Waals surface area contributed by atoms with Crippen LogP contribution in [0, 0.1) is 30.4 Å². The molecular formula is C21H22F2. The summed E-state index contributed by atoms with van der Waals surface area (Å²) in [5, 5.41) is 0. The molecule has 2 saturated carbocycles. The molecule has 0 spiro atoms. The van der Waals surface area contributed by atoms with Gasteiger partial charge in [0.1, 0.15) is 0 Å². The number of fused-ring (bicyclic) bond motifs is 2. The van der Waals surface area contributed by atoms with Crippen LogP contribution in [0.4, 0.5) is 8.78 Å². The zero-order chi connectivity index (χ0) is 16.0. The number of aryl methyl sites for hydroxylation is 1. The number of halogens is 2. The summed E-state index contributed by atoms with van der Waals surface area (Å²) in [4.78, 5) is 0. The topological polar surface area (TPSA) is 0 Å². The van der Waals surface area contributed by atoms with Crippen molar-refractivity contribution < 1.29 is 8.78 Å². The molecule has 0 heterocycles. The van der Waals surface area contributed by atoms with Crippen LogP contribution in [-0.2, 0) is 0 Å². The fraction of sp³-hybridized carbons (Fsp3) is 0.429. The van der Waals surface area contributed by atoms with Gasteiger partial charge in [0.15, 0.2) is 11.6 Å². The van der Waals surface area contributed by atoms with Crippen LogP contribution >= 0.6 is 0 Å². The first-order valence-corrected chi connectivity index (χ1v) is 8.66. The average Bonchev–Trinajstić information content (AvgIpc) is 2.89. The summed E-state index contributed by atoms with van der Waals surface area (Å²) < 4.78 is 26.7. The van der Waals surface area contributed by atoms with Gasteiger partial charge in [0.05, 0.1) is 0 Å². The van der Waals surface area contributed by atoms with E-state index in [-0.39, 0.29) is 0 Å². The van der Waals surface area contributed by atoms with Crippen molar-refractivity contribution in [2.75, 3.05) is 0 Å². The minimum absolute atomic E-state index is 0.631. The van der Waals surface area contributed by atoms with Gasteiger partial charge in [-0.2, -0.15) is 0 Å². The summed E-state index contributed by atoms with van der Waals surface area (Å²) in [5.74, 6) is 0.854. The molecule has 2 aromatic carbocycles. The second-order valence-electron chi connectivity index (χ2n) is 7.41. The predicted octanol–water partition coefficient (Wildman–Crippen LogP) is 6.23. The maximum Gasteiger partial charge on any atom is 0.159 e. The Kier molecular flexibility index (Phi) is 3.71. The van der Waals surface area contributed by atoms with E-state index in [0.29, 0.717) is 5.92 Å². The Hall–Kier alpha value is -1.70. The van der Waals surface area contributed by atoms with Crippen molar-refractivity contribution in [1.82, 2.24) is 0 Å². The third kappa shape index (κ3) is 2.80. The predicted molar refractivity (Wildman–Crippen MR) is 89.3 cm³/mol. The molecule has 120 valence electrons. The summed E-state index contributed by atoms with van der Waals surface area (Å²) in [6.07, 6.45) is 6.78. The third-order valence-electron chi connectivity index (χ3n) is 5.86. The van der Waals surface area contributed by atoms with Gasteiger partial charge in [-0.25, -0.2) is 8.78 Å². The molecule has 2 aliphatic rings. The first-order chi connectivity index (χ1) is 11.1. The van der Waals surface area contributed by atoms with E-state index in [1.54, 1.807) is 6.07 Å². The summed E-state index contributed by atoms with van der Waals surface area (Å²) in [6.45, 7) is 2.17. The van der Waals surface area contributed by atoms with E-state index in [9.17, 15) is 8.78 Å². The molecule has 2 fully saturated rings. The van der Waals surface area contributed by atoms with Crippen LogP contribution in [0.15, 0.2) is 36.4 Å². The van der Waals surface area contributed by atoms with Gasteiger partial charge in [-0.3, -0.25) is 0 Å². The number of hydrogen-bond acceptors (Lipinski definition) is 0. The van der Waals surface area contributed by atoms with Crippen molar-refractivity contribution in [1.29, 1.82) is 0 Å². The van der Waals surface area contributed by atoms with Gasteiger partial charge in [0, 0.05) is 0 Å². The van der Waals surface area contributed by atoms with Gasteiger partial charge in [-0.15, -0.1) is 0 Å². The maximum atomic E-state index is 13.5. The van der Waals surface area contributed by atoms with Crippen LogP contribution in [0.2, 0.25) is 0 Å². The summed E-state index contributed by atoms with van der Waals surface area (Å²) in [6, 6.07) is 10.5. The van der Waals surface area contributed by atoms with Gasteiger partial charge >= 0.3 is 0 Å². The molecule has 2 unspecified atom stereocenters. The van der Waals surface area contributed by atoms with Crippen LogP contribution in [-0.4, -0.2) is 0 Å². The quantitative estimate of drug-likeness (QED) is 0.616. The Labute approximate surface area is 136 Å². The number of rotatable bonds is 2. The lowest BCUT2D eigenvalue weighted by Crippen LogP contribution is -2.15. The van der Waals surface area contributed by atoms with Crippen LogP contribution in [0.1, 0.15) is 49.1 Å². The monoisotopic (exact) mass is 312 g/mol. The van der Waals surface area contributed by atoms with Crippen molar-refractivity contribution >= 4 is 0 Å². The average molecular weight is 312 g/mol. The first kappa shape index (κ1) is 14.9. The lowest BCUT2D eigenvalue weighted by atomic mass is 9.76. The van der Waals surface area contributed by atoms with Gasteiger partial charge in [-0.1, -0.05) is 37.1 Å². The molecule has 0 radical (unpaired) electrons. The van der Waals surface area contributed by atoms with E-state index in [2.05, 4.69) is 19.1 Å². The standard InChI is InChI=1S/C21H22F2/c1-13-2-5-16(17-6-7-20(22)21(23)12-17)11-19(13)18-9-14-3-4-15(8-14)10-18/h2,5-7,11-12,14-15,18H,3-4,8-10H2,1H3. The maximum absolute atomic E-state index is 13.5. The van der Waals surface area contributed by atoms with Gasteiger partial charge in [0.25, 0.3) is 0 Å². The van der Waals surface area contributed by atoms with E-state index in [1.165, 1.54) is 55.4 Å². The highest BCUT2D eigenvalue weighted by Gasteiger charge is 2.35. The minimum Gasteiger partial charge on any atom is -0.204 e. The van der Waals surface area contributed by atoms with Crippen LogP contribution in [0.5, 0.6) is 0 Å². The molecule has 2 bridgehead atoms. The van der Waals surface area contributed by atoms with Crippen molar-refractivity contribution in [2.45, 2.75) is 44.9 Å². The Bertz CT molecular complexity index is 723. The fourth-order valence-corrected chi connectivity index (χ4v) is 4.70. The molecular weight excluding hydrogens is 290 g/mol. The summed E-state index contributed by atoms with van der Waals surface area (Å²) in [5.41, 5.74) is 4.47. The van der Waals surface area contributed by atoms with Crippen LogP contribution in [0.3, 0.4) is 0 Å². The Morgan fingerprint density at radius 2 is 1.43 bits per heavy atom. The van der Waals surface area contributed by atoms with Crippen LogP contribution in [0.25, 0.3) is 11.1 Å². The molecule has 0 aliphatic heterocycles. The van der Waals surface area contributed by atoms with E-state index in [0.717, 1.165) is 23.0 Å². The van der Waals surface area contributed by atoms with Crippen molar-refractivity contribution in [3.8, 4) is 11.1 Å². The molecule has 0 N–H and O–H groups in total. The Morgan fingerprint density at radius 3 is 2.13 bits per heavy atom. The van der Waals surface area contributed by atoms with Gasteiger partial charge < -0.3 is 0 Å². The zero-order valence-electron chi connectivity index (χ0n) is 13.5. The molecule has 0 saturated heterocycles. The minimum atomic E-state index is -0.787. The molecule has 23 heavy (non-hydrogen) atoms. The third-order valence-corrected chi connectivity index (χ3v) is 5.86. The molecule has 2 aromatic rings. The molecule has 4 rings (SSSR count). The summed E-state index contributed by atoms with van der Waals surface area (Å²) >= 11 is 0. The molecule has 0 nitrogen and oxygen atoms in total. The molecule has 2 atom stereocenters. The van der Waals surface area contributed by atoms with Crippen molar-refractivity contribution in [3.05, 3.63) is 59.2 Å². The molecule has 0 amide bonds. The van der Waals surface area contributed by atoms with Gasteiger partial charge in [-0.05, 0) is 78.3 Å². The van der Waals surface area contributed by atoms with Crippen molar-refractivity contribution in [3.63, 3.8) is 0 Å². The fourth-order valence-electron chi connectivity index (χ4n) is 4.70. The molecule has 2 aliphatic carbocycles. The van der Waals surface area contributed by atoms with E-state index >= 15 is 0 Å². The van der Waals surface area contributed by atoms with Gasteiger partial charge in [0.2, 0.25) is 0 Å². The smallest absolute Gasteiger partial charge is 0.159 e. The number of hydrogen-bond donors (Lipinski definition) is 0. The second kappa shape index (κ2) is 5.74. The number of benzene rings is 2. The lowest BCUT2D eigenvalue weighted by Gasteiger charge is -2.29. The normalized spacial score (nSPS) is 26.5. The van der Waals surface area contributed by atoms with Crippen molar-refractivity contribution in [2.24, 2.45) is 11.8 Å². The highest BCUT2D eigenvalue weighted by molar-refractivity contribution is 5.65. The molecule has 0 aromatic heterocycles. The first-order valence-electron chi connectivity index (χ1n) is 8.66. The lowest BCUT2D eigenvalue weighted by molar-refractivity contribution is 0.319. The largest absolute Gasteiger partial charge is 0.204 e. The highest BCUT2D eigenvalue weighted by atomic mass is 19.2. The molecule has 2 heteroatoms. The van der Waals surface area contributed by atoms with Crippen LogP contribution < -0.4 is 0 Å². The zero-order valence-corrected chi connectivity index (χ0v) is 13.5. The highest BCUT2D eigenvalue weighted by Crippen LogP contribution is 2.49. The van der Waals surface area contributed by atoms with E-state index in [1.807, 2.05) is 6.07 Å². The Morgan fingerprint density at radius 1 is 0.783 bits per heavy atom. The second-order valence-corrected chi connectivity index (χ2v) is 7.41. The van der Waals surface area contributed by atoms with E-state index in [4.69, 9.17) is 0 Å². The summed E-state index contributed by atoms with van der Waals surface area (Å²) in [7, 11) is 0. The van der Waals surface area contributed by atoms with E-state index < -0.39 is 11.6 Å². The SMILES string of the molecule is Cc1ccc(-c2ccc(F)c(F)c2)cc1C1CC2CCC(C2)C1.